The van der Waals surface area contributed by atoms with E-state index in [0.29, 0.717) is 5.57 Å². The van der Waals surface area contributed by atoms with Gasteiger partial charge in [0.15, 0.2) is 0 Å². The highest BCUT2D eigenvalue weighted by Crippen LogP contribution is 2.17. The predicted octanol–water partition coefficient (Wildman–Crippen LogP) is 3.86. The monoisotopic (exact) mass is 244 g/mol. The van der Waals surface area contributed by atoms with E-state index in [1.165, 1.54) is 23.5 Å². The van der Waals surface area contributed by atoms with Gasteiger partial charge in [-0.2, -0.15) is 16.6 Å². The van der Waals surface area contributed by atoms with E-state index in [4.69, 9.17) is 5.26 Å². The Labute approximate surface area is 103 Å². The number of nitrogens with zero attached hydrogens (tertiary/aromatic N) is 1. The molecule has 0 radical (unpaired) electrons. The summed E-state index contributed by atoms with van der Waals surface area (Å²) in [7, 11) is 0. The molecule has 0 aliphatic heterocycles. The summed E-state index contributed by atoms with van der Waals surface area (Å²) < 4.78 is 12.7. The van der Waals surface area contributed by atoms with E-state index in [9.17, 15) is 4.39 Å². The molecule has 0 saturated heterocycles. The molecule has 1 heterocycles. The Morgan fingerprint density at radius 2 is 2.06 bits per heavy atom. The number of nitriles is 1. The summed E-state index contributed by atoms with van der Waals surface area (Å²) in [5.41, 5.74) is 2.18. The van der Waals surface area contributed by atoms with E-state index in [0.717, 1.165) is 11.3 Å². The number of thiophene rings is 1. The Morgan fingerprint density at radius 1 is 1.29 bits per heavy atom. The predicted molar refractivity (Wildman–Crippen MR) is 67.9 cm³/mol. The van der Waals surface area contributed by atoms with Gasteiger partial charge in [-0.15, -0.1) is 0 Å². The molecule has 0 spiro atoms. The summed E-state index contributed by atoms with van der Waals surface area (Å²) >= 11 is 1.54. The zero-order chi connectivity index (χ0) is 12.1. The molecule has 1 aromatic carbocycles. The molecule has 0 saturated carbocycles. The second kappa shape index (κ2) is 5.28. The Kier molecular flexibility index (Phi) is 3.53. The third-order valence-corrected chi connectivity index (χ3v) is 2.86. The average molecular weight is 244 g/mol. The molecule has 1 aromatic heterocycles. The molecule has 4 heteroatoms. The van der Waals surface area contributed by atoms with Crippen molar-refractivity contribution in [2.45, 2.75) is 0 Å². The fraction of sp³-hybridized carbons (Fsp3) is 0. The number of rotatable bonds is 3. The summed E-state index contributed by atoms with van der Waals surface area (Å²) in [5, 5.41) is 15.8. The van der Waals surface area contributed by atoms with Crippen LogP contribution in [0.15, 0.2) is 47.3 Å². The quantitative estimate of drug-likeness (QED) is 0.832. The Morgan fingerprint density at radius 3 is 2.65 bits per heavy atom. The van der Waals surface area contributed by atoms with E-state index in [2.05, 4.69) is 11.4 Å². The Balaban J connectivity index is 2.14. The minimum atomic E-state index is -0.280. The van der Waals surface area contributed by atoms with Crippen molar-refractivity contribution in [2.75, 3.05) is 5.32 Å². The second-order valence-corrected chi connectivity index (χ2v) is 4.11. The van der Waals surface area contributed by atoms with Gasteiger partial charge in [0, 0.05) is 17.5 Å². The summed E-state index contributed by atoms with van der Waals surface area (Å²) in [5.74, 6) is -0.280. The highest BCUT2D eigenvalue weighted by atomic mass is 32.1. The SMILES string of the molecule is N#C/C(=C\Nc1ccc(F)cc1)c1ccsc1. The lowest BCUT2D eigenvalue weighted by molar-refractivity contribution is 0.628. The number of halogens is 1. The lowest BCUT2D eigenvalue weighted by Gasteiger charge is -2.01. The van der Waals surface area contributed by atoms with Gasteiger partial charge in [-0.05, 0) is 41.1 Å². The normalized spacial score (nSPS) is 10.9. The summed E-state index contributed by atoms with van der Waals surface area (Å²) in [6, 6.07) is 9.97. The molecule has 0 aliphatic carbocycles. The number of nitrogens with one attached hydrogen (secondary N) is 1. The topological polar surface area (TPSA) is 35.8 Å². The summed E-state index contributed by atoms with van der Waals surface area (Å²) in [4.78, 5) is 0. The molecule has 0 fully saturated rings. The fourth-order valence-corrected chi connectivity index (χ4v) is 1.96. The Hall–Kier alpha value is -2.12. The first-order chi connectivity index (χ1) is 8.29. The van der Waals surface area contributed by atoms with Gasteiger partial charge in [0.2, 0.25) is 0 Å². The lowest BCUT2D eigenvalue weighted by Crippen LogP contribution is -1.90. The lowest BCUT2D eigenvalue weighted by atomic mass is 10.2. The molecular weight excluding hydrogens is 235 g/mol. The van der Waals surface area contributed by atoms with Gasteiger partial charge < -0.3 is 5.32 Å². The second-order valence-electron chi connectivity index (χ2n) is 3.33. The van der Waals surface area contributed by atoms with Crippen molar-refractivity contribution in [1.29, 1.82) is 5.26 Å². The molecule has 17 heavy (non-hydrogen) atoms. The molecule has 2 rings (SSSR count). The van der Waals surface area contributed by atoms with E-state index >= 15 is 0 Å². The van der Waals surface area contributed by atoms with Crippen LogP contribution in [-0.2, 0) is 0 Å². The largest absolute Gasteiger partial charge is 0.360 e. The molecule has 0 amide bonds. The smallest absolute Gasteiger partial charge is 0.123 e. The minimum absolute atomic E-state index is 0.280. The molecule has 0 bridgehead atoms. The highest BCUT2D eigenvalue weighted by molar-refractivity contribution is 7.08. The fourth-order valence-electron chi connectivity index (χ4n) is 1.30. The number of hydrogen-bond donors (Lipinski definition) is 1. The van der Waals surface area contributed by atoms with Crippen LogP contribution in [0.2, 0.25) is 0 Å². The first-order valence-electron chi connectivity index (χ1n) is 4.94. The van der Waals surface area contributed by atoms with Crippen LogP contribution in [0, 0.1) is 17.1 Å². The Bertz CT molecular complexity index is 550. The van der Waals surface area contributed by atoms with Crippen molar-refractivity contribution in [3.8, 4) is 6.07 Å². The maximum Gasteiger partial charge on any atom is 0.123 e. The van der Waals surface area contributed by atoms with Crippen LogP contribution in [0.1, 0.15) is 5.56 Å². The van der Waals surface area contributed by atoms with Crippen LogP contribution in [0.4, 0.5) is 10.1 Å². The van der Waals surface area contributed by atoms with Crippen LogP contribution in [0.25, 0.3) is 5.57 Å². The van der Waals surface area contributed by atoms with Crippen molar-refractivity contribution in [2.24, 2.45) is 0 Å². The van der Waals surface area contributed by atoms with Gasteiger partial charge in [0.25, 0.3) is 0 Å². The van der Waals surface area contributed by atoms with Gasteiger partial charge in [0.1, 0.15) is 11.9 Å². The van der Waals surface area contributed by atoms with Gasteiger partial charge >= 0.3 is 0 Å². The average Bonchev–Trinajstić information content (AvgIpc) is 2.86. The van der Waals surface area contributed by atoms with Crippen molar-refractivity contribution in [3.63, 3.8) is 0 Å². The number of benzene rings is 1. The first kappa shape index (κ1) is 11.4. The van der Waals surface area contributed by atoms with Gasteiger partial charge in [-0.3, -0.25) is 0 Å². The van der Waals surface area contributed by atoms with Crippen LogP contribution in [0.5, 0.6) is 0 Å². The maximum atomic E-state index is 12.7. The molecule has 84 valence electrons. The number of anilines is 1. The highest BCUT2D eigenvalue weighted by Gasteiger charge is 2.00. The molecular formula is C13H9FN2S. The van der Waals surface area contributed by atoms with Crippen LogP contribution in [0.3, 0.4) is 0 Å². The molecule has 0 atom stereocenters. The van der Waals surface area contributed by atoms with Crippen molar-refractivity contribution < 1.29 is 4.39 Å². The number of allylic oxidation sites excluding steroid dienone is 1. The first-order valence-corrected chi connectivity index (χ1v) is 5.89. The van der Waals surface area contributed by atoms with E-state index in [1.807, 2.05) is 16.8 Å². The zero-order valence-electron chi connectivity index (χ0n) is 8.85. The summed E-state index contributed by atoms with van der Waals surface area (Å²) in [6.45, 7) is 0. The molecule has 2 aromatic rings. The molecule has 1 N–H and O–H groups in total. The molecule has 0 aliphatic rings. The minimum Gasteiger partial charge on any atom is -0.360 e. The van der Waals surface area contributed by atoms with Crippen LogP contribution >= 0.6 is 11.3 Å². The van der Waals surface area contributed by atoms with Gasteiger partial charge in [0.05, 0.1) is 5.57 Å². The third kappa shape index (κ3) is 2.92. The number of hydrogen-bond acceptors (Lipinski definition) is 3. The maximum absolute atomic E-state index is 12.7. The van der Waals surface area contributed by atoms with Crippen molar-refractivity contribution in [1.82, 2.24) is 0 Å². The van der Waals surface area contributed by atoms with Crippen LogP contribution in [-0.4, -0.2) is 0 Å². The summed E-state index contributed by atoms with van der Waals surface area (Å²) in [6.07, 6.45) is 1.62. The molecule has 2 nitrogen and oxygen atoms in total. The van der Waals surface area contributed by atoms with Gasteiger partial charge in [-0.25, -0.2) is 4.39 Å². The van der Waals surface area contributed by atoms with Gasteiger partial charge in [-0.1, -0.05) is 0 Å². The zero-order valence-corrected chi connectivity index (χ0v) is 9.67. The van der Waals surface area contributed by atoms with Crippen LogP contribution < -0.4 is 5.32 Å². The third-order valence-electron chi connectivity index (χ3n) is 2.18. The van der Waals surface area contributed by atoms with E-state index in [-0.39, 0.29) is 5.82 Å². The van der Waals surface area contributed by atoms with Crippen molar-refractivity contribution in [3.05, 3.63) is 58.7 Å². The van der Waals surface area contributed by atoms with Crippen molar-refractivity contribution >= 4 is 22.6 Å². The van der Waals surface area contributed by atoms with E-state index < -0.39 is 0 Å². The molecule has 0 unspecified atom stereocenters. The van der Waals surface area contributed by atoms with E-state index in [1.54, 1.807) is 18.3 Å². The standard InChI is InChI=1S/C13H9FN2S/c14-12-1-3-13(4-2-12)16-8-11(7-15)10-5-6-17-9-10/h1-6,8-9,16H/b11-8+.